The summed E-state index contributed by atoms with van der Waals surface area (Å²) in [5, 5.41) is 2.73. The Balaban J connectivity index is 0.00000128. The van der Waals surface area contributed by atoms with Gasteiger partial charge in [0.05, 0.1) is 0 Å². The van der Waals surface area contributed by atoms with Crippen LogP contribution in [0.1, 0.15) is 30.9 Å². The summed E-state index contributed by atoms with van der Waals surface area (Å²) >= 11 is 0. The molecule has 0 aliphatic carbocycles. The minimum Gasteiger partial charge on any atom is -0.344 e. The summed E-state index contributed by atoms with van der Waals surface area (Å²) in [7, 11) is 0. The molecule has 0 fully saturated rings. The van der Waals surface area contributed by atoms with Gasteiger partial charge in [-0.15, -0.1) is 0 Å². The molecular weight excluding hydrogens is 194 g/mol. The van der Waals surface area contributed by atoms with E-state index in [4.69, 9.17) is 0 Å². The Labute approximate surface area is 98.1 Å². The maximum absolute atomic E-state index is 2.33. The van der Waals surface area contributed by atoms with Gasteiger partial charge < -0.3 is 6.15 Å². The molecule has 0 heterocycles. The van der Waals surface area contributed by atoms with E-state index < -0.39 is 0 Å². The van der Waals surface area contributed by atoms with E-state index in [0.717, 1.165) is 0 Å². The van der Waals surface area contributed by atoms with E-state index in [9.17, 15) is 0 Å². The number of unbranched alkanes of at least 4 members (excludes halogenated alkanes) is 1. The van der Waals surface area contributed by atoms with Crippen LogP contribution in [0.5, 0.6) is 0 Å². The van der Waals surface area contributed by atoms with Crippen molar-refractivity contribution in [2.24, 2.45) is 0 Å². The fraction of sp³-hybridized carbons (Fsp3) is 0.333. The zero-order chi connectivity index (χ0) is 10.7. The molecule has 1 heteroatoms. The minimum absolute atomic E-state index is 0. The number of benzene rings is 2. The van der Waals surface area contributed by atoms with Gasteiger partial charge in [-0.2, -0.15) is 0 Å². The Morgan fingerprint density at radius 3 is 2.44 bits per heavy atom. The average Bonchev–Trinajstić information content (AvgIpc) is 2.25. The van der Waals surface area contributed by atoms with Crippen LogP contribution in [-0.2, 0) is 6.42 Å². The van der Waals surface area contributed by atoms with Crippen LogP contribution in [0.25, 0.3) is 10.8 Å². The third-order valence-electron chi connectivity index (χ3n) is 2.88. The highest BCUT2D eigenvalue weighted by molar-refractivity contribution is 5.83. The maximum Gasteiger partial charge on any atom is -0.0179 e. The van der Waals surface area contributed by atoms with Crippen molar-refractivity contribution in [3.8, 4) is 0 Å². The van der Waals surface area contributed by atoms with Crippen molar-refractivity contribution in [2.45, 2.75) is 33.1 Å². The van der Waals surface area contributed by atoms with Crippen molar-refractivity contribution in [1.82, 2.24) is 6.15 Å². The quantitative estimate of drug-likeness (QED) is 0.794. The number of fused-ring (bicyclic) bond motifs is 1. The molecule has 0 bridgehead atoms. The molecule has 0 atom stereocenters. The molecule has 3 N–H and O–H groups in total. The summed E-state index contributed by atoms with van der Waals surface area (Å²) in [5.41, 5.74) is 2.81. The zero-order valence-corrected chi connectivity index (χ0v) is 10.3. The molecule has 0 saturated carbocycles. The second kappa shape index (κ2) is 5.66. The highest BCUT2D eigenvalue weighted by Crippen LogP contribution is 2.18. The molecule has 0 saturated heterocycles. The summed E-state index contributed by atoms with van der Waals surface area (Å²) in [6, 6.07) is 13.5. The molecule has 0 aliphatic rings. The van der Waals surface area contributed by atoms with Crippen LogP contribution in [0.2, 0.25) is 0 Å². The Kier molecular flexibility index (Phi) is 4.51. The van der Waals surface area contributed by atoms with Crippen LogP contribution >= 0.6 is 0 Å². The molecule has 1 nitrogen and oxygen atoms in total. The Hall–Kier alpha value is -1.34. The summed E-state index contributed by atoms with van der Waals surface area (Å²) < 4.78 is 0. The highest BCUT2D eigenvalue weighted by atomic mass is 14.0. The first-order valence-electron chi connectivity index (χ1n) is 5.79. The van der Waals surface area contributed by atoms with Crippen LogP contribution in [0.3, 0.4) is 0 Å². The molecule has 0 amide bonds. The SMILES string of the molecule is CCCCc1ccc2ccc(C)cc2c1.N. The lowest BCUT2D eigenvalue weighted by Crippen LogP contribution is -1.85. The second-order valence-electron chi connectivity index (χ2n) is 4.29. The van der Waals surface area contributed by atoms with Crippen LogP contribution < -0.4 is 6.15 Å². The first-order chi connectivity index (χ1) is 7.29. The van der Waals surface area contributed by atoms with E-state index in [0.29, 0.717) is 0 Å². The van der Waals surface area contributed by atoms with Crippen molar-refractivity contribution in [3.05, 3.63) is 47.5 Å². The normalized spacial score (nSPS) is 10.1. The number of aryl methyl sites for hydroxylation is 2. The van der Waals surface area contributed by atoms with Gasteiger partial charge in [0.1, 0.15) is 0 Å². The number of hydrogen-bond acceptors (Lipinski definition) is 1. The molecule has 2 aromatic rings. The van der Waals surface area contributed by atoms with Crippen LogP contribution in [0, 0.1) is 6.92 Å². The maximum atomic E-state index is 2.33. The van der Waals surface area contributed by atoms with Gasteiger partial charge in [-0.3, -0.25) is 0 Å². The lowest BCUT2D eigenvalue weighted by Gasteiger charge is -2.03. The molecule has 0 aliphatic heterocycles. The Morgan fingerprint density at radius 1 is 0.938 bits per heavy atom. The zero-order valence-electron chi connectivity index (χ0n) is 10.3. The minimum atomic E-state index is 0. The molecule has 0 unspecified atom stereocenters. The van der Waals surface area contributed by atoms with Crippen molar-refractivity contribution >= 4 is 10.8 Å². The van der Waals surface area contributed by atoms with Gasteiger partial charge in [0.15, 0.2) is 0 Å². The fourth-order valence-electron chi connectivity index (χ4n) is 1.95. The number of rotatable bonds is 3. The van der Waals surface area contributed by atoms with Gasteiger partial charge in [0.2, 0.25) is 0 Å². The third-order valence-corrected chi connectivity index (χ3v) is 2.88. The van der Waals surface area contributed by atoms with E-state index in [1.165, 1.54) is 41.2 Å². The van der Waals surface area contributed by atoms with E-state index >= 15 is 0 Å². The van der Waals surface area contributed by atoms with E-state index in [1.807, 2.05) is 0 Å². The van der Waals surface area contributed by atoms with E-state index in [1.54, 1.807) is 0 Å². The molecular formula is C15H21N. The first kappa shape index (κ1) is 12.7. The van der Waals surface area contributed by atoms with E-state index in [2.05, 4.69) is 50.2 Å². The highest BCUT2D eigenvalue weighted by Gasteiger charge is 1.96. The smallest absolute Gasteiger partial charge is 0.0179 e. The van der Waals surface area contributed by atoms with Crippen LogP contribution in [-0.4, -0.2) is 0 Å². The monoisotopic (exact) mass is 215 g/mol. The standard InChI is InChI=1S/C15H18.H3N/c1-3-4-5-13-7-9-14-8-6-12(2)10-15(14)11-13;/h6-11H,3-5H2,1-2H3;1H3. The molecule has 86 valence electrons. The average molecular weight is 215 g/mol. The molecule has 0 radical (unpaired) electrons. The third kappa shape index (κ3) is 2.83. The van der Waals surface area contributed by atoms with Gasteiger partial charge in [-0.25, -0.2) is 0 Å². The Morgan fingerprint density at radius 2 is 1.69 bits per heavy atom. The first-order valence-corrected chi connectivity index (χ1v) is 5.79. The largest absolute Gasteiger partial charge is 0.344 e. The van der Waals surface area contributed by atoms with Gasteiger partial charge in [-0.1, -0.05) is 55.3 Å². The van der Waals surface area contributed by atoms with Crippen molar-refractivity contribution in [1.29, 1.82) is 0 Å². The van der Waals surface area contributed by atoms with Gasteiger partial charge >= 0.3 is 0 Å². The predicted octanol–water partition coefficient (Wildman–Crippen LogP) is 4.65. The second-order valence-corrected chi connectivity index (χ2v) is 4.29. The number of hydrogen-bond donors (Lipinski definition) is 1. The van der Waals surface area contributed by atoms with Gasteiger partial charge in [-0.05, 0) is 36.1 Å². The molecule has 0 spiro atoms. The van der Waals surface area contributed by atoms with Crippen molar-refractivity contribution < 1.29 is 0 Å². The van der Waals surface area contributed by atoms with Crippen molar-refractivity contribution in [2.75, 3.05) is 0 Å². The van der Waals surface area contributed by atoms with Gasteiger partial charge in [0, 0.05) is 0 Å². The summed E-state index contributed by atoms with van der Waals surface area (Å²) in [4.78, 5) is 0. The van der Waals surface area contributed by atoms with Crippen LogP contribution in [0.4, 0.5) is 0 Å². The summed E-state index contributed by atoms with van der Waals surface area (Å²) in [6.45, 7) is 4.39. The lowest BCUT2D eigenvalue weighted by atomic mass is 10.0. The van der Waals surface area contributed by atoms with Crippen molar-refractivity contribution in [3.63, 3.8) is 0 Å². The summed E-state index contributed by atoms with van der Waals surface area (Å²) in [5.74, 6) is 0. The van der Waals surface area contributed by atoms with Crippen LogP contribution in [0.15, 0.2) is 36.4 Å². The molecule has 2 rings (SSSR count). The molecule has 0 aromatic heterocycles. The molecule has 16 heavy (non-hydrogen) atoms. The Bertz CT molecular complexity index is 460. The topological polar surface area (TPSA) is 35.0 Å². The fourth-order valence-corrected chi connectivity index (χ4v) is 1.95. The lowest BCUT2D eigenvalue weighted by molar-refractivity contribution is 0.796. The predicted molar refractivity (Wildman–Crippen MR) is 72.3 cm³/mol. The molecule has 2 aromatic carbocycles. The summed E-state index contributed by atoms with van der Waals surface area (Å²) in [6.07, 6.45) is 3.77. The van der Waals surface area contributed by atoms with Gasteiger partial charge in [0.25, 0.3) is 0 Å². The van der Waals surface area contributed by atoms with E-state index in [-0.39, 0.29) is 6.15 Å².